The maximum Gasteiger partial charge on any atom is 0.244 e. The SMILES string of the molecule is CC1(C)CCC(c2ccc(Cl)c(F)c2)N(CC(=O)Nc2ccc3c(c2)CC2(C3)C(=O)Nc3ncccc32)C1=O. The van der Waals surface area contributed by atoms with Crippen LogP contribution in [0.4, 0.5) is 15.9 Å². The van der Waals surface area contributed by atoms with Gasteiger partial charge in [-0.3, -0.25) is 14.4 Å². The molecule has 39 heavy (non-hydrogen) atoms. The van der Waals surface area contributed by atoms with Crippen molar-refractivity contribution in [1.29, 1.82) is 0 Å². The number of likely N-dealkylation sites (tertiary alicyclic amines) is 1. The number of rotatable bonds is 4. The second-order valence-corrected chi connectivity index (χ2v) is 11.8. The van der Waals surface area contributed by atoms with Crippen LogP contribution in [0.2, 0.25) is 5.02 Å². The molecule has 3 heterocycles. The van der Waals surface area contributed by atoms with E-state index in [1.54, 1.807) is 12.3 Å². The smallest absolute Gasteiger partial charge is 0.244 e. The normalized spacial score (nSPS) is 23.0. The van der Waals surface area contributed by atoms with E-state index in [4.69, 9.17) is 11.6 Å². The predicted molar refractivity (Wildman–Crippen MR) is 146 cm³/mol. The van der Waals surface area contributed by atoms with Crippen molar-refractivity contribution in [3.8, 4) is 0 Å². The molecule has 0 bridgehead atoms. The Hall–Kier alpha value is -3.78. The third-order valence-electron chi connectivity index (χ3n) is 8.37. The second kappa shape index (κ2) is 9.16. The summed E-state index contributed by atoms with van der Waals surface area (Å²) >= 11 is 5.87. The van der Waals surface area contributed by atoms with E-state index >= 15 is 0 Å². The number of amides is 3. The quantitative estimate of drug-likeness (QED) is 0.471. The number of nitrogens with zero attached hydrogens (tertiary/aromatic N) is 2. The summed E-state index contributed by atoms with van der Waals surface area (Å²) in [6.45, 7) is 3.56. The highest BCUT2D eigenvalue weighted by Crippen LogP contribution is 2.47. The van der Waals surface area contributed by atoms with E-state index in [9.17, 15) is 18.8 Å². The first kappa shape index (κ1) is 25.5. The number of anilines is 2. The van der Waals surface area contributed by atoms with Crippen LogP contribution in [0.5, 0.6) is 0 Å². The minimum absolute atomic E-state index is 0.0127. The molecule has 1 fully saturated rings. The number of aromatic nitrogens is 1. The molecule has 2 aromatic carbocycles. The average molecular weight is 547 g/mol. The minimum atomic E-state index is -0.693. The summed E-state index contributed by atoms with van der Waals surface area (Å²) in [4.78, 5) is 45.4. The van der Waals surface area contributed by atoms with Gasteiger partial charge in [0.2, 0.25) is 17.7 Å². The van der Waals surface area contributed by atoms with Crippen molar-refractivity contribution in [2.45, 2.75) is 51.0 Å². The van der Waals surface area contributed by atoms with Gasteiger partial charge < -0.3 is 15.5 Å². The van der Waals surface area contributed by atoms with Gasteiger partial charge in [0.1, 0.15) is 18.2 Å². The molecule has 1 aromatic heterocycles. The first-order valence-electron chi connectivity index (χ1n) is 13.0. The Kier molecular flexibility index (Phi) is 5.99. The largest absolute Gasteiger partial charge is 0.326 e. The number of carbonyl (C=O) groups excluding carboxylic acids is 3. The highest BCUT2D eigenvalue weighted by Gasteiger charge is 2.51. The molecule has 2 N–H and O–H groups in total. The van der Waals surface area contributed by atoms with Gasteiger partial charge in [-0.25, -0.2) is 9.37 Å². The molecule has 200 valence electrons. The van der Waals surface area contributed by atoms with Crippen LogP contribution < -0.4 is 10.6 Å². The molecule has 1 saturated heterocycles. The summed E-state index contributed by atoms with van der Waals surface area (Å²) in [6, 6.07) is 13.5. The van der Waals surface area contributed by atoms with Crippen molar-refractivity contribution in [2.24, 2.45) is 5.41 Å². The van der Waals surface area contributed by atoms with Crippen LogP contribution in [-0.4, -0.2) is 34.2 Å². The molecule has 2 aliphatic heterocycles. The summed E-state index contributed by atoms with van der Waals surface area (Å²) in [5, 5.41) is 5.84. The number of halogens is 2. The fraction of sp³-hybridized carbons (Fsp3) is 0.333. The topological polar surface area (TPSA) is 91.4 Å². The molecule has 6 rings (SSSR count). The molecule has 3 amide bonds. The molecule has 1 aliphatic carbocycles. The monoisotopic (exact) mass is 546 g/mol. The van der Waals surface area contributed by atoms with Gasteiger partial charge in [-0.2, -0.15) is 0 Å². The highest BCUT2D eigenvalue weighted by atomic mass is 35.5. The third-order valence-corrected chi connectivity index (χ3v) is 8.67. The van der Waals surface area contributed by atoms with Crippen LogP contribution in [0.25, 0.3) is 0 Å². The van der Waals surface area contributed by atoms with Crippen LogP contribution in [0.1, 0.15) is 55.0 Å². The lowest BCUT2D eigenvalue weighted by molar-refractivity contribution is -0.150. The number of pyridine rings is 1. The Balaban J connectivity index is 1.21. The number of piperidine rings is 1. The molecule has 3 aromatic rings. The Morgan fingerprint density at radius 3 is 2.74 bits per heavy atom. The fourth-order valence-corrected chi connectivity index (χ4v) is 6.36. The van der Waals surface area contributed by atoms with E-state index in [2.05, 4.69) is 15.6 Å². The lowest BCUT2D eigenvalue weighted by Crippen LogP contribution is -2.50. The van der Waals surface area contributed by atoms with Gasteiger partial charge in [0.25, 0.3) is 0 Å². The van der Waals surface area contributed by atoms with Crippen LogP contribution in [-0.2, 0) is 32.6 Å². The summed E-state index contributed by atoms with van der Waals surface area (Å²) in [5.41, 5.74) is 2.83. The number of fused-ring (bicyclic) bond motifs is 3. The molecule has 3 aliphatic rings. The highest BCUT2D eigenvalue weighted by molar-refractivity contribution is 6.30. The maximum absolute atomic E-state index is 14.2. The van der Waals surface area contributed by atoms with Crippen molar-refractivity contribution in [2.75, 3.05) is 17.2 Å². The first-order valence-corrected chi connectivity index (χ1v) is 13.4. The van der Waals surface area contributed by atoms with E-state index in [-0.39, 0.29) is 29.3 Å². The summed E-state index contributed by atoms with van der Waals surface area (Å²) in [6.07, 6.45) is 3.97. The number of hydrogen-bond donors (Lipinski definition) is 2. The van der Waals surface area contributed by atoms with Crippen molar-refractivity contribution in [3.05, 3.63) is 87.8 Å². The number of hydrogen-bond acceptors (Lipinski definition) is 4. The van der Waals surface area contributed by atoms with E-state index in [0.717, 1.165) is 16.7 Å². The maximum atomic E-state index is 14.2. The molecule has 2 unspecified atom stereocenters. The van der Waals surface area contributed by atoms with E-state index < -0.39 is 22.7 Å². The first-order chi connectivity index (χ1) is 18.6. The molecule has 1 spiro atoms. The zero-order valence-electron chi connectivity index (χ0n) is 21.7. The van der Waals surface area contributed by atoms with Crippen molar-refractivity contribution < 1.29 is 18.8 Å². The standard InChI is InChI=1S/C30H28ClFN4O3/c1-29(2)10-9-24(17-6-8-22(31)23(32)13-17)36(28(29)39)16-25(37)34-20-7-5-18-14-30(15-19(18)12-20)21-4-3-11-33-26(21)35-27(30)38/h3-8,11-13,24H,9-10,14-16H2,1-2H3,(H,34,37)(H,33,35,38). The van der Waals surface area contributed by atoms with Crippen molar-refractivity contribution >= 4 is 40.8 Å². The second-order valence-electron chi connectivity index (χ2n) is 11.4. The summed E-state index contributed by atoms with van der Waals surface area (Å²) in [7, 11) is 0. The van der Waals surface area contributed by atoms with E-state index in [0.29, 0.717) is 42.8 Å². The lowest BCUT2D eigenvalue weighted by Gasteiger charge is -2.43. The molecule has 0 radical (unpaired) electrons. The predicted octanol–water partition coefficient (Wildman–Crippen LogP) is 5.19. The number of nitrogens with one attached hydrogen (secondary N) is 2. The Bertz CT molecular complexity index is 1540. The minimum Gasteiger partial charge on any atom is -0.326 e. The van der Waals surface area contributed by atoms with Crippen molar-refractivity contribution in [1.82, 2.24) is 9.88 Å². The zero-order valence-corrected chi connectivity index (χ0v) is 22.4. The van der Waals surface area contributed by atoms with Crippen LogP contribution in [0.3, 0.4) is 0 Å². The van der Waals surface area contributed by atoms with Crippen molar-refractivity contribution in [3.63, 3.8) is 0 Å². The van der Waals surface area contributed by atoms with E-state index in [1.165, 1.54) is 17.0 Å². The molecule has 0 saturated carbocycles. The third kappa shape index (κ3) is 4.27. The molecular formula is C30H28ClFN4O3. The molecule has 7 nitrogen and oxygen atoms in total. The van der Waals surface area contributed by atoms with Gasteiger partial charge in [-0.1, -0.05) is 43.6 Å². The zero-order chi connectivity index (χ0) is 27.5. The van der Waals surface area contributed by atoms with Gasteiger partial charge in [0.05, 0.1) is 16.5 Å². The van der Waals surface area contributed by atoms with Crippen LogP contribution in [0, 0.1) is 11.2 Å². The number of carbonyl (C=O) groups is 3. The summed E-state index contributed by atoms with van der Waals surface area (Å²) in [5.74, 6) is -0.510. The van der Waals surface area contributed by atoms with Crippen LogP contribution in [0.15, 0.2) is 54.7 Å². The fourth-order valence-electron chi connectivity index (χ4n) is 6.24. The Morgan fingerprint density at radius 1 is 1.15 bits per heavy atom. The van der Waals surface area contributed by atoms with Gasteiger partial charge in [0.15, 0.2) is 0 Å². The Labute approximate surface area is 230 Å². The molecule has 9 heteroatoms. The van der Waals surface area contributed by atoms with E-state index in [1.807, 2.05) is 44.2 Å². The van der Waals surface area contributed by atoms with Crippen LogP contribution >= 0.6 is 11.6 Å². The van der Waals surface area contributed by atoms with Gasteiger partial charge in [-0.05, 0) is 72.7 Å². The average Bonchev–Trinajstić information content (AvgIpc) is 3.41. The van der Waals surface area contributed by atoms with Gasteiger partial charge >= 0.3 is 0 Å². The molecular weight excluding hydrogens is 519 g/mol. The number of benzene rings is 2. The van der Waals surface area contributed by atoms with Gasteiger partial charge in [0, 0.05) is 22.9 Å². The Morgan fingerprint density at radius 2 is 1.95 bits per heavy atom. The van der Waals surface area contributed by atoms with Gasteiger partial charge in [-0.15, -0.1) is 0 Å². The lowest BCUT2D eigenvalue weighted by atomic mass is 9.78. The molecule has 2 atom stereocenters. The summed E-state index contributed by atoms with van der Waals surface area (Å²) < 4.78 is 14.2.